The molecule has 0 spiro atoms. The third kappa shape index (κ3) is 2.91. The highest BCUT2D eigenvalue weighted by molar-refractivity contribution is 6.35. The van der Waals surface area contributed by atoms with Gasteiger partial charge in [-0.2, -0.15) is 4.98 Å². The fraction of sp³-hybridized carbons (Fsp3) is 0.100. The van der Waals surface area contributed by atoms with E-state index in [1.807, 2.05) is 0 Å². The first-order chi connectivity index (χ1) is 8.58. The lowest BCUT2D eigenvalue weighted by Crippen LogP contribution is -2.13. The molecule has 0 unspecified atom stereocenters. The van der Waals surface area contributed by atoms with Crippen molar-refractivity contribution in [3.63, 3.8) is 0 Å². The molecule has 94 valence electrons. The molecule has 8 heteroatoms. The maximum Gasteiger partial charge on any atom is 0.336 e. The topological polar surface area (TPSA) is 79.9 Å². The average Bonchev–Trinajstić information content (AvgIpc) is 2.75. The van der Waals surface area contributed by atoms with Crippen LogP contribution in [0.5, 0.6) is 6.01 Å². The Morgan fingerprint density at radius 1 is 1.33 bits per heavy atom. The van der Waals surface area contributed by atoms with E-state index >= 15 is 0 Å². The van der Waals surface area contributed by atoms with E-state index in [9.17, 15) is 4.79 Å². The number of benzene rings is 1. The van der Waals surface area contributed by atoms with Gasteiger partial charge in [-0.3, -0.25) is 10.1 Å². The molecule has 0 atom stereocenters. The Labute approximate surface area is 112 Å². The Hall–Kier alpha value is -1.79. The van der Waals surface area contributed by atoms with Crippen LogP contribution in [0.15, 0.2) is 18.2 Å². The molecule has 0 saturated carbocycles. The molecule has 0 aliphatic heterocycles. The molecule has 0 bridgehead atoms. The number of rotatable bonds is 3. The quantitative estimate of drug-likeness (QED) is 0.908. The Bertz CT molecular complexity index is 565. The zero-order valence-electron chi connectivity index (χ0n) is 9.20. The van der Waals surface area contributed by atoms with Gasteiger partial charge >= 0.3 is 6.01 Å². The first kappa shape index (κ1) is 12.7. The molecule has 2 N–H and O–H groups in total. The van der Waals surface area contributed by atoms with E-state index in [2.05, 4.69) is 20.5 Å². The highest BCUT2D eigenvalue weighted by Gasteiger charge is 2.11. The van der Waals surface area contributed by atoms with Crippen LogP contribution in [0.3, 0.4) is 0 Å². The van der Waals surface area contributed by atoms with Crippen LogP contribution in [0, 0.1) is 0 Å². The molecule has 0 radical (unpaired) electrons. The maximum atomic E-state index is 11.9. The van der Waals surface area contributed by atoms with Crippen molar-refractivity contribution >= 4 is 35.1 Å². The first-order valence-corrected chi connectivity index (χ1v) is 5.58. The van der Waals surface area contributed by atoms with E-state index in [0.29, 0.717) is 15.6 Å². The van der Waals surface area contributed by atoms with Crippen LogP contribution in [-0.2, 0) is 0 Å². The van der Waals surface area contributed by atoms with Crippen molar-refractivity contribution in [3.05, 3.63) is 33.8 Å². The summed E-state index contributed by atoms with van der Waals surface area (Å²) < 4.78 is 4.77. The number of halogens is 2. The summed E-state index contributed by atoms with van der Waals surface area (Å²) in [4.78, 5) is 15.7. The van der Waals surface area contributed by atoms with Crippen molar-refractivity contribution in [2.24, 2.45) is 0 Å². The van der Waals surface area contributed by atoms with E-state index in [-0.39, 0.29) is 12.0 Å². The minimum Gasteiger partial charge on any atom is -0.466 e. The van der Waals surface area contributed by atoms with Gasteiger partial charge in [-0.05, 0) is 18.2 Å². The van der Waals surface area contributed by atoms with E-state index in [1.54, 1.807) is 0 Å². The van der Waals surface area contributed by atoms with Crippen molar-refractivity contribution in [3.8, 4) is 6.01 Å². The Morgan fingerprint density at radius 2 is 2.00 bits per heavy atom. The largest absolute Gasteiger partial charge is 0.466 e. The Kier molecular flexibility index (Phi) is 3.69. The molecule has 0 aliphatic carbocycles. The zero-order valence-corrected chi connectivity index (χ0v) is 10.7. The second-order valence-electron chi connectivity index (χ2n) is 3.28. The molecule has 2 aromatic rings. The van der Waals surface area contributed by atoms with Gasteiger partial charge in [0.25, 0.3) is 5.91 Å². The summed E-state index contributed by atoms with van der Waals surface area (Å²) in [6, 6.07) is 4.67. The van der Waals surface area contributed by atoms with Gasteiger partial charge in [0.2, 0.25) is 5.95 Å². The zero-order chi connectivity index (χ0) is 13.1. The van der Waals surface area contributed by atoms with Crippen LogP contribution < -0.4 is 10.1 Å². The van der Waals surface area contributed by atoms with Crippen molar-refractivity contribution < 1.29 is 9.53 Å². The Morgan fingerprint density at radius 3 is 2.56 bits per heavy atom. The summed E-state index contributed by atoms with van der Waals surface area (Å²) in [6.07, 6.45) is 0. The second-order valence-corrected chi connectivity index (χ2v) is 4.16. The summed E-state index contributed by atoms with van der Waals surface area (Å²) in [5, 5.41) is 9.45. The highest BCUT2D eigenvalue weighted by Crippen LogP contribution is 2.19. The Balaban J connectivity index is 2.16. The van der Waals surface area contributed by atoms with E-state index in [4.69, 9.17) is 27.9 Å². The minimum absolute atomic E-state index is 0.134. The number of ether oxygens (including phenoxy) is 1. The van der Waals surface area contributed by atoms with Crippen LogP contribution in [-0.4, -0.2) is 28.2 Å². The SMILES string of the molecule is COc1n[nH]c(NC(=O)c2cc(Cl)cc(Cl)c2)n1. The molecule has 0 aliphatic rings. The van der Waals surface area contributed by atoms with Crippen LogP contribution in [0.4, 0.5) is 5.95 Å². The number of carbonyl (C=O) groups is 1. The number of hydrogen-bond acceptors (Lipinski definition) is 4. The molecule has 1 heterocycles. The number of hydrogen-bond donors (Lipinski definition) is 2. The molecule has 0 fully saturated rings. The molecule has 1 amide bonds. The lowest BCUT2D eigenvalue weighted by Gasteiger charge is -2.02. The van der Waals surface area contributed by atoms with Gasteiger partial charge in [0.1, 0.15) is 0 Å². The number of aromatic amines is 1. The summed E-state index contributed by atoms with van der Waals surface area (Å²) in [5.74, 6) is -0.230. The number of methoxy groups -OCH3 is 1. The number of nitrogens with one attached hydrogen (secondary N) is 2. The van der Waals surface area contributed by atoms with Crippen LogP contribution in [0.25, 0.3) is 0 Å². The third-order valence-corrected chi connectivity index (χ3v) is 2.44. The van der Waals surface area contributed by atoms with Gasteiger partial charge in [-0.1, -0.05) is 23.2 Å². The summed E-state index contributed by atoms with van der Waals surface area (Å²) in [7, 11) is 1.42. The molecule has 1 aromatic carbocycles. The minimum atomic E-state index is -0.404. The lowest BCUT2D eigenvalue weighted by molar-refractivity contribution is 0.102. The summed E-state index contributed by atoms with van der Waals surface area (Å²) in [6.45, 7) is 0. The van der Waals surface area contributed by atoms with Crippen LogP contribution >= 0.6 is 23.2 Å². The van der Waals surface area contributed by atoms with Gasteiger partial charge in [0.15, 0.2) is 0 Å². The number of anilines is 1. The predicted molar refractivity (Wildman–Crippen MR) is 67.3 cm³/mol. The standard InChI is InChI=1S/C10H8Cl2N4O2/c1-18-10-14-9(15-16-10)13-8(17)5-2-6(11)4-7(12)3-5/h2-4H,1H3,(H2,13,14,15,16,17). The third-order valence-electron chi connectivity index (χ3n) is 2.00. The van der Waals surface area contributed by atoms with Gasteiger partial charge in [-0.25, -0.2) is 5.10 Å². The normalized spacial score (nSPS) is 10.2. The summed E-state index contributed by atoms with van der Waals surface area (Å²) in [5.41, 5.74) is 0.322. The smallest absolute Gasteiger partial charge is 0.336 e. The molecule has 6 nitrogen and oxygen atoms in total. The van der Waals surface area contributed by atoms with Crippen molar-refractivity contribution in [1.82, 2.24) is 15.2 Å². The molecule has 1 aromatic heterocycles. The number of amides is 1. The van der Waals surface area contributed by atoms with Gasteiger partial charge < -0.3 is 4.74 Å². The predicted octanol–water partition coefficient (Wildman–Crippen LogP) is 2.37. The second kappa shape index (κ2) is 5.24. The number of aromatic nitrogens is 3. The molecular weight excluding hydrogens is 279 g/mol. The monoisotopic (exact) mass is 286 g/mol. The van der Waals surface area contributed by atoms with E-state index in [0.717, 1.165) is 0 Å². The van der Waals surface area contributed by atoms with Gasteiger partial charge in [0, 0.05) is 15.6 Å². The molecule has 18 heavy (non-hydrogen) atoms. The number of carbonyl (C=O) groups excluding carboxylic acids is 1. The van der Waals surface area contributed by atoms with Crippen molar-refractivity contribution in [2.75, 3.05) is 12.4 Å². The lowest BCUT2D eigenvalue weighted by atomic mass is 10.2. The van der Waals surface area contributed by atoms with Crippen LogP contribution in [0.1, 0.15) is 10.4 Å². The highest BCUT2D eigenvalue weighted by atomic mass is 35.5. The van der Waals surface area contributed by atoms with Crippen molar-refractivity contribution in [1.29, 1.82) is 0 Å². The van der Waals surface area contributed by atoms with Crippen LogP contribution in [0.2, 0.25) is 10.0 Å². The van der Waals surface area contributed by atoms with Gasteiger partial charge in [-0.15, -0.1) is 5.10 Å². The maximum absolute atomic E-state index is 11.9. The van der Waals surface area contributed by atoms with Crippen molar-refractivity contribution in [2.45, 2.75) is 0 Å². The summed E-state index contributed by atoms with van der Waals surface area (Å²) >= 11 is 11.6. The van der Waals surface area contributed by atoms with E-state index in [1.165, 1.54) is 25.3 Å². The molecule has 2 rings (SSSR count). The molecule has 0 saturated heterocycles. The first-order valence-electron chi connectivity index (χ1n) is 4.82. The van der Waals surface area contributed by atoms with Gasteiger partial charge in [0.05, 0.1) is 7.11 Å². The number of H-pyrrole nitrogens is 1. The van der Waals surface area contributed by atoms with E-state index < -0.39 is 5.91 Å². The number of nitrogens with zero attached hydrogens (tertiary/aromatic N) is 2. The average molecular weight is 287 g/mol. The fourth-order valence-corrected chi connectivity index (χ4v) is 1.78. The molecular formula is C10H8Cl2N4O2. The fourth-order valence-electron chi connectivity index (χ4n) is 1.26.